The first-order valence-corrected chi connectivity index (χ1v) is 11.3. The number of aromatic nitrogens is 2. The molecule has 0 N–H and O–H groups in total. The topological polar surface area (TPSA) is 16.8 Å². The molecule has 0 spiro atoms. The zero-order valence-electron chi connectivity index (χ0n) is 20.1. The standard InChI is InChI=1S/C30H33N2/c1-29(2,3)24-20-25(22-14-9-7-10-15-22)32(26(21-24)23-16-11-8-12-17-23)28-19-13-18-27(31-28)30(4,5)6/h7-21H,1-6H3/q+1. The zero-order chi connectivity index (χ0) is 22.9. The van der Waals surface area contributed by atoms with Gasteiger partial charge >= 0.3 is 5.82 Å². The summed E-state index contributed by atoms with van der Waals surface area (Å²) in [5, 5.41) is 0. The highest BCUT2D eigenvalue weighted by atomic mass is 15.1. The molecule has 32 heavy (non-hydrogen) atoms. The van der Waals surface area contributed by atoms with Gasteiger partial charge < -0.3 is 0 Å². The minimum Gasteiger partial charge on any atom is -0.189 e. The number of nitrogens with zero attached hydrogens (tertiary/aromatic N) is 2. The highest BCUT2D eigenvalue weighted by Gasteiger charge is 2.28. The molecular weight excluding hydrogens is 388 g/mol. The van der Waals surface area contributed by atoms with Crippen LogP contribution >= 0.6 is 0 Å². The molecule has 0 saturated carbocycles. The summed E-state index contributed by atoms with van der Waals surface area (Å²) < 4.78 is 2.31. The molecule has 0 bridgehead atoms. The highest BCUT2D eigenvalue weighted by Crippen LogP contribution is 2.31. The van der Waals surface area contributed by atoms with E-state index < -0.39 is 0 Å². The van der Waals surface area contributed by atoms with E-state index in [2.05, 4.69) is 137 Å². The fourth-order valence-corrected chi connectivity index (χ4v) is 3.88. The van der Waals surface area contributed by atoms with Crippen LogP contribution in [0.4, 0.5) is 0 Å². The molecule has 0 amide bonds. The monoisotopic (exact) mass is 421 g/mol. The van der Waals surface area contributed by atoms with E-state index in [4.69, 9.17) is 4.98 Å². The number of pyridine rings is 2. The summed E-state index contributed by atoms with van der Waals surface area (Å²) in [5.74, 6) is 0.940. The minimum atomic E-state index is -0.0261. The van der Waals surface area contributed by atoms with Gasteiger partial charge in [0.1, 0.15) is 11.4 Å². The second-order valence-electron chi connectivity index (χ2n) is 10.5. The Balaban J connectivity index is 2.11. The van der Waals surface area contributed by atoms with Crippen molar-refractivity contribution >= 4 is 0 Å². The molecule has 2 heteroatoms. The van der Waals surface area contributed by atoms with Gasteiger partial charge in [0, 0.05) is 22.6 Å². The van der Waals surface area contributed by atoms with E-state index in [-0.39, 0.29) is 10.8 Å². The number of benzene rings is 2. The maximum Gasteiger partial charge on any atom is 0.328 e. The molecule has 2 aromatic heterocycles. The zero-order valence-corrected chi connectivity index (χ0v) is 20.1. The van der Waals surface area contributed by atoms with Crippen LogP contribution in [0.25, 0.3) is 28.3 Å². The van der Waals surface area contributed by atoms with Gasteiger partial charge in [-0.3, -0.25) is 0 Å². The lowest BCUT2D eigenvalue weighted by molar-refractivity contribution is -0.576. The third kappa shape index (κ3) is 4.50. The summed E-state index contributed by atoms with van der Waals surface area (Å²) in [4.78, 5) is 5.14. The van der Waals surface area contributed by atoms with Crippen molar-refractivity contribution in [1.82, 2.24) is 4.98 Å². The van der Waals surface area contributed by atoms with E-state index in [9.17, 15) is 0 Å². The lowest BCUT2D eigenvalue weighted by Gasteiger charge is -2.22. The smallest absolute Gasteiger partial charge is 0.189 e. The van der Waals surface area contributed by atoms with Gasteiger partial charge in [0.2, 0.25) is 0 Å². The summed E-state index contributed by atoms with van der Waals surface area (Å²) in [7, 11) is 0. The van der Waals surface area contributed by atoms with Crippen molar-refractivity contribution in [2.24, 2.45) is 0 Å². The van der Waals surface area contributed by atoms with Crippen LogP contribution in [-0.2, 0) is 10.8 Å². The van der Waals surface area contributed by atoms with Gasteiger partial charge in [0.15, 0.2) is 5.69 Å². The normalized spacial score (nSPS) is 12.1. The van der Waals surface area contributed by atoms with E-state index >= 15 is 0 Å². The van der Waals surface area contributed by atoms with Crippen LogP contribution in [0.2, 0.25) is 0 Å². The first kappa shape index (κ1) is 22.0. The lowest BCUT2D eigenvalue weighted by atomic mass is 9.85. The fraction of sp³-hybridized carbons (Fsp3) is 0.267. The van der Waals surface area contributed by atoms with Gasteiger partial charge in [-0.15, -0.1) is 0 Å². The summed E-state index contributed by atoms with van der Waals surface area (Å²) in [6.45, 7) is 13.5. The Morgan fingerprint density at radius 2 is 1.06 bits per heavy atom. The molecular formula is C30H33N2+. The predicted octanol–water partition coefficient (Wildman–Crippen LogP) is 7.29. The fourth-order valence-electron chi connectivity index (χ4n) is 3.88. The molecule has 0 aliphatic carbocycles. The molecule has 0 aliphatic heterocycles. The molecule has 0 saturated heterocycles. The Hall–Kier alpha value is -3.26. The third-order valence-electron chi connectivity index (χ3n) is 5.80. The largest absolute Gasteiger partial charge is 0.328 e. The van der Waals surface area contributed by atoms with Crippen molar-refractivity contribution < 1.29 is 4.57 Å². The second-order valence-corrected chi connectivity index (χ2v) is 10.5. The van der Waals surface area contributed by atoms with Crippen molar-refractivity contribution in [2.45, 2.75) is 52.4 Å². The van der Waals surface area contributed by atoms with Crippen molar-refractivity contribution in [3.8, 4) is 28.3 Å². The SMILES string of the molecule is CC(C)(C)c1cc(-c2ccccc2)[n+](-c2cccc(C(C)(C)C)n2)c(-c2ccccc2)c1. The van der Waals surface area contributed by atoms with Crippen LogP contribution in [0.3, 0.4) is 0 Å². The van der Waals surface area contributed by atoms with Crippen molar-refractivity contribution in [1.29, 1.82) is 0 Å². The van der Waals surface area contributed by atoms with E-state index in [1.165, 1.54) is 16.7 Å². The molecule has 4 aromatic rings. The second kappa shape index (κ2) is 8.35. The summed E-state index contributed by atoms with van der Waals surface area (Å²) in [6, 6.07) is 32.3. The summed E-state index contributed by atoms with van der Waals surface area (Å²) in [6.07, 6.45) is 0. The van der Waals surface area contributed by atoms with E-state index in [0.29, 0.717) is 0 Å². The Morgan fingerprint density at radius 3 is 1.50 bits per heavy atom. The quantitative estimate of drug-likeness (QED) is 0.317. The molecule has 4 rings (SSSR count). The first-order chi connectivity index (χ1) is 15.1. The van der Waals surface area contributed by atoms with Gasteiger partial charge in [-0.1, -0.05) is 102 Å². The van der Waals surface area contributed by atoms with Gasteiger partial charge in [-0.2, -0.15) is 4.57 Å². The average molecular weight is 422 g/mol. The average Bonchev–Trinajstić information content (AvgIpc) is 2.78. The van der Waals surface area contributed by atoms with Crippen molar-refractivity contribution in [2.75, 3.05) is 0 Å². The van der Waals surface area contributed by atoms with E-state index in [1.54, 1.807) is 0 Å². The molecule has 0 atom stereocenters. The Bertz CT molecular complexity index is 1150. The number of rotatable bonds is 3. The van der Waals surface area contributed by atoms with Crippen LogP contribution in [-0.4, -0.2) is 4.98 Å². The summed E-state index contributed by atoms with van der Waals surface area (Å²) in [5.41, 5.74) is 7.04. The predicted molar refractivity (Wildman–Crippen MR) is 134 cm³/mol. The highest BCUT2D eigenvalue weighted by molar-refractivity contribution is 5.64. The molecule has 0 radical (unpaired) electrons. The minimum absolute atomic E-state index is 0.0207. The van der Waals surface area contributed by atoms with Crippen LogP contribution in [0.1, 0.15) is 52.8 Å². The number of hydrogen-bond donors (Lipinski definition) is 0. The Morgan fingerprint density at radius 1 is 0.562 bits per heavy atom. The maximum absolute atomic E-state index is 5.14. The molecule has 2 heterocycles. The van der Waals surface area contributed by atoms with Crippen molar-refractivity contribution in [3.05, 3.63) is 102 Å². The Labute approximate surface area is 192 Å². The lowest BCUT2D eigenvalue weighted by Crippen LogP contribution is -2.39. The van der Waals surface area contributed by atoms with Gasteiger partial charge in [0.05, 0.1) is 0 Å². The van der Waals surface area contributed by atoms with Crippen LogP contribution < -0.4 is 4.57 Å². The molecule has 0 unspecified atom stereocenters. The molecule has 162 valence electrons. The van der Waals surface area contributed by atoms with Crippen LogP contribution in [0.15, 0.2) is 91.0 Å². The van der Waals surface area contributed by atoms with Gasteiger partial charge in [-0.25, -0.2) is 0 Å². The molecule has 0 aliphatic rings. The van der Waals surface area contributed by atoms with Gasteiger partial charge in [-0.05, 0) is 40.2 Å². The summed E-state index contributed by atoms with van der Waals surface area (Å²) >= 11 is 0. The molecule has 2 nitrogen and oxygen atoms in total. The van der Waals surface area contributed by atoms with Crippen molar-refractivity contribution in [3.63, 3.8) is 0 Å². The van der Waals surface area contributed by atoms with E-state index in [0.717, 1.165) is 22.9 Å². The molecule has 0 fully saturated rings. The van der Waals surface area contributed by atoms with E-state index in [1.807, 2.05) is 0 Å². The van der Waals surface area contributed by atoms with Crippen LogP contribution in [0.5, 0.6) is 0 Å². The third-order valence-corrected chi connectivity index (χ3v) is 5.80. The first-order valence-electron chi connectivity index (χ1n) is 11.3. The maximum atomic E-state index is 5.14. The number of hydrogen-bond acceptors (Lipinski definition) is 1. The molecule has 2 aromatic carbocycles. The van der Waals surface area contributed by atoms with Crippen LogP contribution in [0, 0.1) is 0 Å². The van der Waals surface area contributed by atoms with Gasteiger partial charge in [0.25, 0.3) is 0 Å². The Kier molecular flexibility index (Phi) is 5.73.